The van der Waals surface area contributed by atoms with Crippen molar-refractivity contribution in [3.05, 3.63) is 135 Å². The Kier molecular flexibility index (Phi) is 14.8. The van der Waals surface area contributed by atoms with Gasteiger partial charge >= 0.3 is 0 Å². The lowest BCUT2D eigenvalue weighted by atomic mass is 9.85. The number of amides is 3. The molecule has 13 nitrogen and oxygen atoms in total. The lowest BCUT2D eigenvalue weighted by Gasteiger charge is -2.43. The summed E-state index contributed by atoms with van der Waals surface area (Å²) in [5.41, 5.74) is 5.53. The minimum absolute atomic E-state index is 0.00899. The van der Waals surface area contributed by atoms with Crippen LogP contribution >= 0.6 is 11.3 Å². The van der Waals surface area contributed by atoms with Gasteiger partial charge < -0.3 is 35.1 Å². The maximum atomic E-state index is 16.3. The molecule has 0 spiro atoms. The minimum atomic E-state index is -1.63. The molecule has 5 heterocycles. The number of ether oxygens (including phenoxy) is 2. The van der Waals surface area contributed by atoms with Crippen molar-refractivity contribution in [1.29, 1.82) is 0 Å². The van der Waals surface area contributed by atoms with Gasteiger partial charge in [-0.2, -0.15) is 0 Å². The number of β-amino-alcohol motifs (C(OH)–C–C–N with tert-alkyl or cyclic N) is 1. The number of para-hydroxylation sites is 1. The number of aliphatic hydroxyl groups excluding tert-OH is 1. The Morgan fingerprint density at radius 3 is 2.39 bits per heavy atom. The number of thiazole rings is 1. The molecule has 3 amide bonds. The fraction of sp³-hybridized carbons (Fsp3) is 0.415. The van der Waals surface area contributed by atoms with Gasteiger partial charge in [-0.3, -0.25) is 24.3 Å². The smallest absolute Gasteiger partial charge is 0.246 e. The summed E-state index contributed by atoms with van der Waals surface area (Å²) >= 11 is 1.56. The van der Waals surface area contributed by atoms with Crippen molar-refractivity contribution in [1.82, 2.24) is 35.4 Å². The van der Waals surface area contributed by atoms with E-state index in [0.29, 0.717) is 23.4 Å². The van der Waals surface area contributed by atoms with Crippen LogP contribution in [-0.2, 0) is 45.3 Å². The van der Waals surface area contributed by atoms with Crippen LogP contribution in [0.3, 0.4) is 0 Å². The Morgan fingerprint density at radius 1 is 0.971 bits per heavy atom. The summed E-state index contributed by atoms with van der Waals surface area (Å²) in [7, 11) is 0. The van der Waals surface area contributed by atoms with Crippen molar-refractivity contribution in [2.45, 2.75) is 117 Å². The number of halogens is 3. The SMILES string of the molecule is Cc1ncsc1-c1ccc(CNC(=O)[C@@H]2C[C@@H](O)CN2C(=O)C(NC(=O)COCc2ccnc(COc3cc(F)c([C@@H]4c5[nH]c6ccccc6c5C[C@@H](C)N4CC(C)(C)F)c(F)c3)c2)C(C)(C)C)cc1. The number of aliphatic hydroxyl groups is 1. The molecule has 370 valence electrons. The molecular formula is C53H60F3N7O6S. The fourth-order valence-corrected chi connectivity index (χ4v) is 10.3. The summed E-state index contributed by atoms with van der Waals surface area (Å²) in [6.45, 7) is 11.8. The highest BCUT2D eigenvalue weighted by Gasteiger charge is 2.45. The van der Waals surface area contributed by atoms with Gasteiger partial charge in [0.2, 0.25) is 17.7 Å². The molecule has 17 heteroatoms. The van der Waals surface area contributed by atoms with Crippen LogP contribution in [-0.4, -0.2) is 97.2 Å². The Hall–Kier alpha value is -6.14. The summed E-state index contributed by atoms with van der Waals surface area (Å²) in [5.74, 6) is -3.18. The Labute approximate surface area is 409 Å². The second-order valence-corrected chi connectivity index (χ2v) is 20.9. The highest BCUT2D eigenvalue weighted by atomic mass is 32.1. The largest absolute Gasteiger partial charge is 0.487 e. The quantitative estimate of drug-likeness (QED) is 0.0749. The first-order valence-corrected chi connectivity index (χ1v) is 24.3. The number of aryl methyl sites for hydroxylation is 1. The zero-order chi connectivity index (χ0) is 50.1. The van der Waals surface area contributed by atoms with E-state index in [1.165, 1.54) is 24.9 Å². The van der Waals surface area contributed by atoms with E-state index < -0.39 is 71.3 Å². The third-order valence-corrected chi connectivity index (χ3v) is 13.9. The molecular weight excluding hydrogens is 920 g/mol. The van der Waals surface area contributed by atoms with Crippen molar-refractivity contribution < 1.29 is 42.1 Å². The summed E-state index contributed by atoms with van der Waals surface area (Å²) in [6, 6.07) is 18.0. The van der Waals surface area contributed by atoms with Crippen LogP contribution in [0.15, 0.2) is 84.5 Å². The number of fused-ring (bicyclic) bond motifs is 3. The number of hydrogen-bond acceptors (Lipinski definition) is 10. The monoisotopic (exact) mass is 979 g/mol. The van der Waals surface area contributed by atoms with E-state index in [0.717, 1.165) is 50.3 Å². The van der Waals surface area contributed by atoms with Crippen LogP contribution in [0.25, 0.3) is 21.3 Å². The van der Waals surface area contributed by atoms with Crippen LogP contribution in [0, 0.1) is 24.0 Å². The van der Waals surface area contributed by atoms with E-state index in [2.05, 4.69) is 25.6 Å². The number of nitrogens with zero attached hydrogens (tertiary/aromatic N) is 4. The fourth-order valence-electron chi connectivity index (χ4n) is 9.50. The average molecular weight is 980 g/mol. The lowest BCUT2D eigenvalue weighted by molar-refractivity contribution is -0.144. The predicted molar refractivity (Wildman–Crippen MR) is 261 cm³/mol. The van der Waals surface area contributed by atoms with Gasteiger partial charge in [-0.05, 0) is 80.0 Å². The molecule has 3 aromatic carbocycles. The number of aromatic amines is 1. The number of pyridine rings is 1. The molecule has 3 aromatic heterocycles. The molecule has 2 aliphatic heterocycles. The first kappa shape index (κ1) is 50.3. The standard InChI is InChI=1S/C53H60F3N7O6S/c1-30-18-39-38-10-8-9-11-42(38)60-46(39)47(63(30)28-53(6,7)56)45-40(54)21-37(22-41(45)55)69-26-35-19-33(16-17-57-35)25-68-27-44(65)61-49(52(3,4)5)51(67)62-24-36(64)20-43(62)50(66)58-23-32-12-14-34(15-13-32)48-31(2)59-29-70-48/h8-17,19,21-22,29-30,36,43,47,49,60,64H,18,20,23-28H2,1-7H3,(H,58,66)(H,61,65)/t30-,36-,43+,47-,49?/m1/s1. The molecule has 6 aromatic rings. The van der Waals surface area contributed by atoms with E-state index in [-0.39, 0.29) is 56.6 Å². The average Bonchev–Trinajstić information content (AvgIpc) is 4.03. The summed E-state index contributed by atoms with van der Waals surface area (Å²) in [5, 5.41) is 17.3. The molecule has 0 aliphatic carbocycles. The number of carbonyl (C=O) groups excluding carboxylic acids is 3. The Balaban J connectivity index is 0.861. The van der Waals surface area contributed by atoms with E-state index in [4.69, 9.17) is 9.47 Å². The molecule has 0 bridgehead atoms. The molecule has 0 saturated carbocycles. The molecule has 0 radical (unpaired) electrons. The van der Waals surface area contributed by atoms with Crippen LogP contribution in [0.1, 0.15) is 93.3 Å². The summed E-state index contributed by atoms with van der Waals surface area (Å²) < 4.78 is 59.4. The van der Waals surface area contributed by atoms with E-state index in [1.807, 2.05) is 67.3 Å². The van der Waals surface area contributed by atoms with Gasteiger partial charge in [-0.25, -0.2) is 18.2 Å². The maximum absolute atomic E-state index is 16.3. The second kappa shape index (κ2) is 20.7. The van der Waals surface area contributed by atoms with Crippen LogP contribution in [0.2, 0.25) is 0 Å². The molecule has 1 fully saturated rings. The highest BCUT2D eigenvalue weighted by molar-refractivity contribution is 7.13. The van der Waals surface area contributed by atoms with E-state index in [9.17, 15) is 19.5 Å². The first-order valence-electron chi connectivity index (χ1n) is 23.5. The number of rotatable bonds is 16. The van der Waals surface area contributed by atoms with Gasteiger partial charge in [-0.1, -0.05) is 63.2 Å². The Morgan fingerprint density at radius 2 is 1.70 bits per heavy atom. The van der Waals surface area contributed by atoms with Crippen molar-refractivity contribution in [2.75, 3.05) is 19.7 Å². The van der Waals surface area contributed by atoms with Gasteiger partial charge in [0.1, 0.15) is 48.4 Å². The Bertz CT molecular complexity index is 2840. The molecule has 1 unspecified atom stereocenters. The summed E-state index contributed by atoms with van der Waals surface area (Å²) in [6.07, 6.45) is 1.25. The summed E-state index contributed by atoms with van der Waals surface area (Å²) in [4.78, 5) is 57.2. The maximum Gasteiger partial charge on any atom is 0.246 e. The van der Waals surface area contributed by atoms with Gasteiger partial charge in [-0.15, -0.1) is 11.3 Å². The number of hydrogen-bond donors (Lipinski definition) is 4. The molecule has 70 heavy (non-hydrogen) atoms. The predicted octanol–water partition coefficient (Wildman–Crippen LogP) is 8.26. The molecule has 5 atom stereocenters. The van der Waals surface area contributed by atoms with E-state index >= 15 is 13.2 Å². The van der Waals surface area contributed by atoms with Crippen LogP contribution < -0.4 is 15.4 Å². The second-order valence-electron chi connectivity index (χ2n) is 20.1. The number of nitrogens with one attached hydrogen (secondary N) is 3. The highest BCUT2D eigenvalue weighted by Crippen LogP contribution is 2.44. The van der Waals surface area contributed by atoms with Crippen molar-refractivity contribution in [3.8, 4) is 16.2 Å². The number of likely N-dealkylation sites (tertiary alicyclic amines) is 1. The van der Waals surface area contributed by atoms with Crippen LogP contribution in [0.4, 0.5) is 13.2 Å². The van der Waals surface area contributed by atoms with Gasteiger partial charge in [0.05, 0.1) is 40.5 Å². The molecule has 2 aliphatic rings. The third kappa shape index (κ3) is 11.4. The molecule has 4 N–H and O–H groups in total. The van der Waals surface area contributed by atoms with E-state index in [1.54, 1.807) is 49.8 Å². The minimum Gasteiger partial charge on any atom is -0.487 e. The van der Waals surface area contributed by atoms with Crippen molar-refractivity contribution >= 4 is 40.0 Å². The van der Waals surface area contributed by atoms with Gasteiger partial charge in [0, 0.05) is 72.6 Å². The lowest BCUT2D eigenvalue weighted by Crippen LogP contribution is -2.58. The number of carbonyl (C=O) groups is 3. The number of alkyl halides is 1. The van der Waals surface area contributed by atoms with Gasteiger partial charge in [0.15, 0.2) is 0 Å². The molecule has 8 rings (SSSR count). The number of aromatic nitrogens is 3. The first-order chi connectivity index (χ1) is 33.2. The molecule has 1 saturated heterocycles. The number of H-pyrrole nitrogens is 1. The van der Waals surface area contributed by atoms with Crippen molar-refractivity contribution in [2.24, 2.45) is 5.41 Å². The zero-order valence-corrected chi connectivity index (χ0v) is 41.3. The van der Waals surface area contributed by atoms with Crippen LogP contribution in [0.5, 0.6) is 5.75 Å². The van der Waals surface area contributed by atoms with Gasteiger partial charge in [0.25, 0.3) is 0 Å². The normalized spacial score (nSPS) is 19.0. The van der Waals surface area contributed by atoms with Crippen molar-refractivity contribution in [3.63, 3.8) is 0 Å². The zero-order valence-electron chi connectivity index (χ0n) is 40.4. The topological polar surface area (TPSA) is 162 Å². The third-order valence-electron chi connectivity index (χ3n) is 12.9. The number of benzene rings is 3.